The first-order valence-electron chi connectivity index (χ1n) is 9.31. The minimum atomic E-state index is -5.13. The van der Waals surface area contributed by atoms with Crippen LogP contribution in [0.15, 0.2) is 30.3 Å². The summed E-state index contributed by atoms with van der Waals surface area (Å²) in [4.78, 5) is 12.0. The largest absolute Gasteiger partial charge is 0.454 e. The van der Waals surface area contributed by atoms with Crippen LogP contribution in [0.5, 0.6) is 11.5 Å². The lowest BCUT2D eigenvalue weighted by Crippen LogP contribution is -2.40. The van der Waals surface area contributed by atoms with Crippen LogP contribution in [0.2, 0.25) is 0 Å². The van der Waals surface area contributed by atoms with E-state index in [0.29, 0.717) is 25.1 Å². The van der Waals surface area contributed by atoms with Gasteiger partial charge in [-0.15, -0.1) is 0 Å². The minimum Gasteiger partial charge on any atom is -0.454 e. The van der Waals surface area contributed by atoms with E-state index in [-0.39, 0.29) is 30.3 Å². The zero-order valence-electron chi connectivity index (χ0n) is 16.1. The van der Waals surface area contributed by atoms with Crippen LogP contribution >= 0.6 is 0 Å². The average molecular weight is 468 g/mol. The highest BCUT2D eigenvalue weighted by atomic mass is 19.4. The van der Waals surface area contributed by atoms with E-state index in [1.807, 2.05) is 0 Å². The summed E-state index contributed by atoms with van der Waals surface area (Å²) in [7, 11) is 0. The van der Waals surface area contributed by atoms with E-state index < -0.39 is 58.6 Å². The number of halogens is 8. The van der Waals surface area contributed by atoms with Crippen molar-refractivity contribution in [2.75, 3.05) is 6.54 Å². The quantitative estimate of drug-likeness (QED) is 0.596. The molecule has 0 aliphatic carbocycles. The number of carbonyl (C=O) groups excluding carboxylic acids is 1. The normalized spacial score (nSPS) is 16.8. The van der Waals surface area contributed by atoms with E-state index in [4.69, 9.17) is 4.74 Å². The SMILES string of the molecule is O=C(NCc1cc(F)c(Oc2cc(C(F)(F)F)cc(C(F)(F)F)c2)cc1F)C1CCCN1. The Balaban J connectivity index is 1.82. The lowest BCUT2D eigenvalue weighted by atomic mass is 10.1. The second-order valence-corrected chi connectivity index (χ2v) is 7.08. The number of nitrogens with one attached hydrogen (secondary N) is 2. The van der Waals surface area contributed by atoms with Crippen molar-refractivity contribution >= 4 is 5.91 Å². The molecule has 0 bridgehead atoms. The highest BCUT2D eigenvalue weighted by molar-refractivity contribution is 5.82. The van der Waals surface area contributed by atoms with Gasteiger partial charge < -0.3 is 15.4 Å². The number of ether oxygens (including phenoxy) is 1. The highest BCUT2D eigenvalue weighted by Crippen LogP contribution is 2.39. The van der Waals surface area contributed by atoms with E-state index in [9.17, 15) is 39.9 Å². The second-order valence-electron chi connectivity index (χ2n) is 7.08. The predicted molar refractivity (Wildman–Crippen MR) is 95.7 cm³/mol. The number of alkyl halides is 6. The van der Waals surface area contributed by atoms with Crippen molar-refractivity contribution in [1.29, 1.82) is 0 Å². The monoisotopic (exact) mass is 468 g/mol. The van der Waals surface area contributed by atoms with Crippen LogP contribution in [0.3, 0.4) is 0 Å². The fourth-order valence-corrected chi connectivity index (χ4v) is 3.11. The third kappa shape index (κ3) is 5.67. The van der Waals surface area contributed by atoms with Crippen LogP contribution in [-0.2, 0) is 23.7 Å². The lowest BCUT2D eigenvalue weighted by molar-refractivity contribution is -0.143. The predicted octanol–water partition coefficient (Wildman–Crippen LogP) is 5.16. The molecule has 1 atom stereocenters. The number of rotatable bonds is 5. The highest BCUT2D eigenvalue weighted by Gasteiger charge is 2.37. The summed E-state index contributed by atoms with van der Waals surface area (Å²) in [5.41, 5.74) is -3.60. The van der Waals surface area contributed by atoms with Crippen LogP contribution < -0.4 is 15.4 Å². The second kappa shape index (κ2) is 8.93. The van der Waals surface area contributed by atoms with Crippen molar-refractivity contribution in [3.05, 3.63) is 58.7 Å². The Morgan fingerprint density at radius 3 is 2.12 bits per heavy atom. The maximum absolute atomic E-state index is 14.3. The van der Waals surface area contributed by atoms with Crippen LogP contribution in [0.4, 0.5) is 35.1 Å². The van der Waals surface area contributed by atoms with Gasteiger partial charge in [0.2, 0.25) is 5.91 Å². The maximum Gasteiger partial charge on any atom is 0.416 e. The molecule has 2 aromatic rings. The molecule has 32 heavy (non-hydrogen) atoms. The fraction of sp³-hybridized carbons (Fsp3) is 0.350. The van der Waals surface area contributed by atoms with Crippen molar-refractivity contribution in [3.8, 4) is 11.5 Å². The Hall–Kier alpha value is -2.89. The molecule has 1 amide bonds. The van der Waals surface area contributed by atoms with Gasteiger partial charge in [-0.25, -0.2) is 8.78 Å². The summed E-state index contributed by atoms with van der Waals surface area (Å²) in [6.45, 7) is 0.278. The lowest BCUT2D eigenvalue weighted by Gasteiger charge is -2.16. The summed E-state index contributed by atoms with van der Waals surface area (Å²) in [5.74, 6) is -4.60. The molecule has 4 nitrogen and oxygen atoms in total. The molecular formula is C20H16F8N2O2. The first-order chi connectivity index (χ1) is 14.8. The van der Waals surface area contributed by atoms with Crippen LogP contribution in [0.1, 0.15) is 29.5 Å². The first-order valence-corrected chi connectivity index (χ1v) is 9.31. The number of hydrogen-bond acceptors (Lipinski definition) is 3. The van der Waals surface area contributed by atoms with E-state index >= 15 is 0 Å². The topological polar surface area (TPSA) is 50.4 Å². The van der Waals surface area contributed by atoms with Crippen LogP contribution in [-0.4, -0.2) is 18.5 Å². The van der Waals surface area contributed by atoms with Gasteiger partial charge in [-0.05, 0) is 43.7 Å². The van der Waals surface area contributed by atoms with Gasteiger partial charge in [0.05, 0.1) is 17.2 Å². The fourth-order valence-electron chi connectivity index (χ4n) is 3.11. The molecule has 1 fully saturated rings. The molecule has 1 saturated heterocycles. The summed E-state index contributed by atoms with van der Waals surface area (Å²) < 4.78 is 111. The van der Waals surface area contributed by atoms with Gasteiger partial charge in [0.1, 0.15) is 11.6 Å². The minimum absolute atomic E-state index is 0.116. The summed E-state index contributed by atoms with van der Waals surface area (Å²) in [6.07, 6.45) is -8.87. The summed E-state index contributed by atoms with van der Waals surface area (Å²) >= 11 is 0. The van der Waals surface area contributed by atoms with Gasteiger partial charge in [-0.1, -0.05) is 0 Å². The molecule has 1 aliphatic rings. The van der Waals surface area contributed by atoms with Crippen molar-refractivity contribution in [2.24, 2.45) is 0 Å². The molecule has 174 valence electrons. The van der Waals surface area contributed by atoms with Crippen molar-refractivity contribution < 1.29 is 44.7 Å². The molecule has 0 saturated carbocycles. The zero-order valence-corrected chi connectivity index (χ0v) is 16.1. The van der Waals surface area contributed by atoms with Crippen LogP contribution in [0.25, 0.3) is 0 Å². The molecule has 12 heteroatoms. The maximum atomic E-state index is 14.3. The zero-order chi connectivity index (χ0) is 23.7. The molecule has 0 spiro atoms. The molecule has 0 aromatic heterocycles. The van der Waals surface area contributed by atoms with Gasteiger partial charge in [-0.2, -0.15) is 26.3 Å². The Kier molecular flexibility index (Phi) is 6.63. The number of carbonyl (C=O) groups is 1. The Labute approximate surface area is 176 Å². The van der Waals surface area contributed by atoms with E-state index in [1.54, 1.807) is 0 Å². The number of hydrogen-bond donors (Lipinski definition) is 2. The van der Waals surface area contributed by atoms with E-state index in [1.165, 1.54) is 0 Å². The van der Waals surface area contributed by atoms with Crippen molar-refractivity contribution in [1.82, 2.24) is 10.6 Å². The molecule has 0 radical (unpaired) electrons. The van der Waals surface area contributed by atoms with Gasteiger partial charge >= 0.3 is 12.4 Å². The third-order valence-electron chi connectivity index (χ3n) is 4.72. The average Bonchev–Trinajstić information content (AvgIpc) is 3.22. The molecule has 2 N–H and O–H groups in total. The summed E-state index contributed by atoms with van der Waals surface area (Å²) in [6, 6.07) is 1.05. The van der Waals surface area contributed by atoms with Gasteiger partial charge in [0.15, 0.2) is 11.6 Å². The van der Waals surface area contributed by atoms with E-state index in [2.05, 4.69) is 10.6 Å². The number of benzene rings is 2. The first kappa shape index (κ1) is 23.8. The Bertz CT molecular complexity index is 966. The molecule has 1 aliphatic heterocycles. The van der Waals surface area contributed by atoms with E-state index in [0.717, 1.165) is 6.42 Å². The molecule has 3 rings (SSSR count). The molecular weight excluding hydrogens is 452 g/mol. The van der Waals surface area contributed by atoms with Gasteiger partial charge in [-0.3, -0.25) is 4.79 Å². The molecule has 2 aromatic carbocycles. The third-order valence-corrected chi connectivity index (χ3v) is 4.72. The molecule has 1 unspecified atom stereocenters. The van der Waals surface area contributed by atoms with Crippen LogP contribution in [0, 0.1) is 11.6 Å². The Morgan fingerprint density at radius 1 is 0.969 bits per heavy atom. The van der Waals surface area contributed by atoms with Crippen molar-refractivity contribution in [2.45, 2.75) is 37.8 Å². The van der Waals surface area contributed by atoms with Gasteiger partial charge in [0, 0.05) is 18.2 Å². The Morgan fingerprint density at radius 2 is 1.59 bits per heavy atom. The smallest absolute Gasteiger partial charge is 0.416 e. The standard InChI is InChI=1S/C20H16F8N2O2/c21-14-8-17(15(22)4-10(14)9-30-18(31)16-2-1-3-29-16)32-13-6-11(19(23,24)25)5-12(7-13)20(26,27)28/h4-8,16,29H,1-3,9H2,(H,30,31). The number of amides is 1. The van der Waals surface area contributed by atoms with Gasteiger partial charge in [0.25, 0.3) is 0 Å². The molecule has 1 heterocycles. The van der Waals surface area contributed by atoms with Crippen molar-refractivity contribution in [3.63, 3.8) is 0 Å². The summed E-state index contributed by atoms with van der Waals surface area (Å²) in [5, 5.41) is 5.35.